The molecule has 2 aromatic carbocycles. The molecular weight excluding hydrogens is 591 g/mol. The number of methoxy groups -OCH3 is 1. The second kappa shape index (κ2) is 16.3. The number of ether oxygens (including phenoxy) is 3. The summed E-state index contributed by atoms with van der Waals surface area (Å²) in [7, 11) is 1.65. The molecule has 2 heterocycles. The van der Waals surface area contributed by atoms with Crippen LogP contribution >= 0.6 is 0 Å². The summed E-state index contributed by atoms with van der Waals surface area (Å²) in [5, 5.41) is 0.946. The fraction of sp³-hybridized carbons (Fsp3) is 0.471. The van der Waals surface area contributed by atoms with Crippen molar-refractivity contribution in [3.8, 4) is 5.75 Å². The van der Waals surface area contributed by atoms with E-state index < -0.39 is 11.8 Å². The van der Waals surface area contributed by atoms with Crippen LogP contribution in [0, 0.1) is 5.82 Å². The molecule has 11 nitrogen and oxygen atoms in total. The number of halogens is 1. The summed E-state index contributed by atoms with van der Waals surface area (Å²) in [5.74, 6) is 0.252. The van der Waals surface area contributed by atoms with E-state index in [1.807, 2.05) is 43.0 Å². The molecule has 2 aromatic heterocycles. The number of aryl methyl sites for hydroxylation is 1. The number of fused-ring (bicyclic) bond motifs is 3. The van der Waals surface area contributed by atoms with E-state index in [0.717, 1.165) is 35.3 Å². The number of hydrogen-bond donors (Lipinski definition) is 1. The van der Waals surface area contributed by atoms with Crippen LogP contribution in [0.4, 0.5) is 10.2 Å². The molecule has 46 heavy (non-hydrogen) atoms. The van der Waals surface area contributed by atoms with Crippen molar-refractivity contribution < 1.29 is 28.2 Å². The number of carbonyl (C=O) groups is 2. The molecule has 0 saturated carbocycles. The van der Waals surface area contributed by atoms with Gasteiger partial charge >= 0.3 is 5.97 Å². The molecule has 0 bridgehead atoms. The Morgan fingerprint density at radius 3 is 2.57 bits per heavy atom. The number of carbonyl (C=O) groups excluding carboxylic acids is 2. The summed E-state index contributed by atoms with van der Waals surface area (Å²) in [6, 6.07) is 12.1. The molecule has 0 saturated heterocycles. The van der Waals surface area contributed by atoms with Gasteiger partial charge in [-0.25, -0.2) is 19.2 Å². The monoisotopic (exact) mass is 636 g/mol. The molecule has 248 valence electrons. The predicted octanol–water partition coefficient (Wildman–Crippen LogP) is 4.59. The lowest BCUT2D eigenvalue weighted by Gasteiger charge is -2.27. The molecule has 0 radical (unpaired) electrons. The van der Waals surface area contributed by atoms with Crippen molar-refractivity contribution in [2.24, 2.45) is 0 Å². The summed E-state index contributed by atoms with van der Waals surface area (Å²) >= 11 is 0. The summed E-state index contributed by atoms with van der Waals surface area (Å²) < 4.78 is 32.8. The van der Waals surface area contributed by atoms with Crippen LogP contribution in [0.2, 0.25) is 0 Å². The number of likely N-dealkylation sites (N-methyl/N-ethyl adjacent to an activating group) is 1. The number of nitrogens with zero attached hydrogens (tertiary/aromatic N) is 5. The zero-order valence-electron chi connectivity index (χ0n) is 27.4. The number of pyridine rings is 1. The fourth-order valence-corrected chi connectivity index (χ4v) is 5.44. The quantitative estimate of drug-likeness (QED) is 0.166. The third kappa shape index (κ3) is 8.91. The standard InChI is InChI=1S/C34H45FN6O5/c1-6-39(7-2)21-30(42)40(20-24-17-25(35)19-26(18-24)45-22-31(43)46-23(3)4)14-10-15-41-29(13-16-44-5)38-32-33(41)27-11-8-9-12-28(27)37-34(32)36/h8-9,11-12,17-19,23H,6-7,10,13-16,20-22H2,1-5H3,(H2,36,37). The fourth-order valence-electron chi connectivity index (χ4n) is 5.44. The van der Waals surface area contributed by atoms with Crippen LogP contribution < -0.4 is 10.5 Å². The SMILES string of the molecule is CCN(CC)CC(=O)N(CCCn1c(CCOC)nc2c(N)nc3ccccc3c21)Cc1cc(F)cc(OCC(=O)OC(C)C)c1. The van der Waals surface area contributed by atoms with E-state index in [0.29, 0.717) is 49.4 Å². The maximum Gasteiger partial charge on any atom is 0.344 e. The van der Waals surface area contributed by atoms with Gasteiger partial charge in [0.25, 0.3) is 0 Å². The topological polar surface area (TPSA) is 125 Å². The van der Waals surface area contributed by atoms with Crippen LogP contribution in [0.25, 0.3) is 21.9 Å². The number of rotatable bonds is 17. The smallest absolute Gasteiger partial charge is 0.344 e. The summed E-state index contributed by atoms with van der Waals surface area (Å²) in [6.45, 7) is 10.5. The van der Waals surface area contributed by atoms with Gasteiger partial charge in [-0.15, -0.1) is 0 Å². The minimum atomic E-state index is -0.543. The van der Waals surface area contributed by atoms with Gasteiger partial charge in [0.1, 0.15) is 22.9 Å². The summed E-state index contributed by atoms with van der Waals surface area (Å²) in [5.41, 5.74) is 9.23. The molecule has 0 aliphatic carbocycles. The van der Waals surface area contributed by atoms with Gasteiger partial charge in [-0.2, -0.15) is 0 Å². The second-order valence-corrected chi connectivity index (χ2v) is 11.4. The highest BCUT2D eigenvalue weighted by Gasteiger charge is 2.20. The highest BCUT2D eigenvalue weighted by atomic mass is 19.1. The number of benzene rings is 2. The lowest BCUT2D eigenvalue weighted by molar-refractivity contribution is -0.149. The van der Waals surface area contributed by atoms with E-state index in [1.165, 1.54) is 12.1 Å². The van der Waals surface area contributed by atoms with Gasteiger partial charge < -0.3 is 29.4 Å². The Morgan fingerprint density at radius 1 is 1.09 bits per heavy atom. The van der Waals surface area contributed by atoms with E-state index >= 15 is 0 Å². The Hall–Kier alpha value is -4.29. The van der Waals surface area contributed by atoms with E-state index in [9.17, 15) is 14.0 Å². The Kier molecular flexibility index (Phi) is 12.3. The number of hydrogen-bond acceptors (Lipinski definition) is 9. The largest absolute Gasteiger partial charge is 0.482 e. The first-order chi connectivity index (χ1) is 22.1. The number of imidazole rings is 1. The van der Waals surface area contributed by atoms with Crippen LogP contribution in [0.15, 0.2) is 42.5 Å². The van der Waals surface area contributed by atoms with Gasteiger partial charge in [0.05, 0.1) is 30.3 Å². The molecule has 4 rings (SSSR count). The van der Waals surface area contributed by atoms with Crippen LogP contribution in [0.1, 0.15) is 45.5 Å². The first kappa shape index (κ1) is 34.6. The molecule has 4 aromatic rings. The first-order valence-corrected chi connectivity index (χ1v) is 15.8. The van der Waals surface area contributed by atoms with Crippen molar-refractivity contribution in [2.75, 3.05) is 52.2 Å². The molecular formula is C34H45FN6O5. The van der Waals surface area contributed by atoms with E-state index in [2.05, 4.69) is 9.55 Å². The Labute approximate surface area is 269 Å². The van der Waals surface area contributed by atoms with Crippen LogP contribution in [-0.4, -0.2) is 88.8 Å². The van der Waals surface area contributed by atoms with Crippen molar-refractivity contribution in [3.05, 3.63) is 59.7 Å². The number of nitrogen functional groups attached to an aromatic ring is 1. The van der Waals surface area contributed by atoms with Crippen LogP contribution in [-0.2, 0) is 38.6 Å². The lowest BCUT2D eigenvalue weighted by Crippen LogP contribution is -2.40. The number of amides is 1. The Balaban J connectivity index is 1.59. The average molecular weight is 637 g/mol. The van der Waals surface area contributed by atoms with E-state index in [-0.39, 0.29) is 37.5 Å². The minimum Gasteiger partial charge on any atom is -0.482 e. The van der Waals surface area contributed by atoms with Crippen molar-refractivity contribution >= 4 is 39.6 Å². The maximum atomic E-state index is 14.7. The second-order valence-electron chi connectivity index (χ2n) is 11.4. The highest BCUT2D eigenvalue weighted by molar-refractivity contribution is 6.06. The number of esters is 1. The third-order valence-corrected chi connectivity index (χ3v) is 7.66. The minimum absolute atomic E-state index is 0.0649. The highest BCUT2D eigenvalue weighted by Crippen LogP contribution is 2.29. The van der Waals surface area contributed by atoms with Gasteiger partial charge in [0, 0.05) is 44.6 Å². The lowest BCUT2D eigenvalue weighted by atomic mass is 10.1. The molecule has 12 heteroatoms. The number of nitrogens with two attached hydrogens (primary N) is 1. The Bertz CT molecular complexity index is 1640. The van der Waals surface area contributed by atoms with Crippen LogP contribution in [0.5, 0.6) is 5.75 Å². The van der Waals surface area contributed by atoms with Gasteiger partial charge in [-0.1, -0.05) is 32.0 Å². The average Bonchev–Trinajstić information content (AvgIpc) is 3.39. The first-order valence-electron chi connectivity index (χ1n) is 15.8. The van der Waals surface area contributed by atoms with Crippen LogP contribution in [0.3, 0.4) is 0 Å². The number of anilines is 1. The molecule has 0 aliphatic heterocycles. The van der Waals surface area contributed by atoms with Crippen molar-refractivity contribution in [1.29, 1.82) is 0 Å². The van der Waals surface area contributed by atoms with Gasteiger partial charge in [0.15, 0.2) is 12.4 Å². The zero-order valence-corrected chi connectivity index (χ0v) is 27.4. The molecule has 1 amide bonds. The van der Waals surface area contributed by atoms with Gasteiger partial charge in [-0.3, -0.25) is 9.69 Å². The molecule has 2 N–H and O–H groups in total. The molecule has 0 atom stereocenters. The van der Waals surface area contributed by atoms with Crippen molar-refractivity contribution in [1.82, 2.24) is 24.3 Å². The Morgan fingerprint density at radius 2 is 1.85 bits per heavy atom. The van der Waals surface area contributed by atoms with Crippen molar-refractivity contribution in [2.45, 2.75) is 59.7 Å². The molecule has 0 aliphatic rings. The zero-order chi connectivity index (χ0) is 33.2. The van der Waals surface area contributed by atoms with E-state index in [4.69, 9.17) is 24.9 Å². The predicted molar refractivity (Wildman–Crippen MR) is 176 cm³/mol. The summed E-state index contributed by atoms with van der Waals surface area (Å²) in [4.78, 5) is 38.8. The number of aromatic nitrogens is 3. The van der Waals surface area contributed by atoms with Gasteiger partial charge in [0.2, 0.25) is 5.91 Å². The normalized spacial score (nSPS) is 11.6. The number of para-hydroxylation sites is 1. The van der Waals surface area contributed by atoms with E-state index in [1.54, 1.807) is 31.9 Å². The van der Waals surface area contributed by atoms with Gasteiger partial charge in [-0.05, 0) is 57.1 Å². The maximum absolute atomic E-state index is 14.7. The summed E-state index contributed by atoms with van der Waals surface area (Å²) in [6.07, 6.45) is 0.903. The van der Waals surface area contributed by atoms with Crippen molar-refractivity contribution in [3.63, 3.8) is 0 Å². The third-order valence-electron chi connectivity index (χ3n) is 7.66. The molecule has 0 fully saturated rings. The molecule has 0 spiro atoms. The molecule has 0 unspecified atom stereocenters.